The molecule has 2 nitrogen and oxygen atoms in total. The van der Waals surface area contributed by atoms with Crippen LogP contribution in [0.1, 0.15) is 5.69 Å². The monoisotopic (exact) mass is 210 g/mol. The number of nitrogens with zero attached hydrogens (tertiary/aromatic N) is 2. The molecule has 0 spiro atoms. The number of aryl methyl sites for hydroxylation is 1. The topological polar surface area (TPSA) is 25.8 Å². The fraction of sp³-hybridized carbons (Fsp3) is 0.111. The molecule has 0 fully saturated rings. The van der Waals surface area contributed by atoms with Crippen molar-refractivity contribution in [2.45, 2.75) is 6.92 Å². The molecule has 66 valence electrons. The molecule has 4 heteroatoms. The van der Waals surface area contributed by atoms with Gasteiger partial charge in [0.25, 0.3) is 0 Å². The third-order valence-electron chi connectivity index (χ3n) is 1.62. The molecule has 0 aromatic carbocycles. The van der Waals surface area contributed by atoms with Crippen molar-refractivity contribution in [2.75, 3.05) is 0 Å². The van der Waals surface area contributed by atoms with E-state index in [9.17, 15) is 0 Å². The summed E-state index contributed by atoms with van der Waals surface area (Å²) in [7, 11) is 0. The number of hydrogen-bond acceptors (Lipinski definition) is 3. The summed E-state index contributed by atoms with van der Waals surface area (Å²) in [5.41, 5.74) is 2.06. The zero-order valence-electron chi connectivity index (χ0n) is 6.99. The van der Waals surface area contributed by atoms with Crippen molar-refractivity contribution in [3.63, 3.8) is 0 Å². The van der Waals surface area contributed by atoms with Gasteiger partial charge in [-0.3, -0.25) is 4.98 Å². The quantitative estimate of drug-likeness (QED) is 0.723. The van der Waals surface area contributed by atoms with E-state index in [1.807, 2.05) is 24.4 Å². The maximum Gasteiger partial charge on any atom is 0.140 e. The maximum absolute atomic E-state index is 5.73. The largest absolute Gasteiger partial charge is 0.262 e. The van der Waals surface area contributed by atoms with Crippen LogP contribution >= 0.6 is 22.9 Å². The van der Waals surface area contributed by atoms with E-state index in [4.69, 9.17) is 11.6 Å². The van der Waals surface area contributed by atoms with Crippen LogP contribution in [0.15, 0.2) is 23.7 Å². The van der Waals surface area contributed by atoms with Crippen molar-refractivity contribution in [2.24, 2.45) is 0 Å². The van der Waals surface area contributed by atoms with Crippen LogP contribution in [-0.2, 0) is 0 Å². The minimum Gasteiger partial charge on any atom is -0.262 e. The van der Waals surface area contributed by atoms with E-state index in [1.165, 1.54) is 0 Å². The van der Waals surface area contributed by atoms with E-state index < -0.39 is 0 Å². The molecule has 0 aliphatic heterocycles. The predicted molar refractivity (Wildman–Crippen MR) is 55.1 cm³/mol. The van der Waals surface area contributed by atoms with Crippen LogP contribution in [-0.4, -0.2) is 9.97 Å². The fourth-order valence-electron chi connectivity index (χ4n) is 1.07. The van der Waals surface area contributed by atoms with Gasteiger partial charge in [0.2, 0.25) is 0 Å². The predicted octanol–water partition coefficient (Wildman–Crippen LogP) is 3.17. The van der Waals surface area contributed by atoms with Crippen LogP contribution < -0.4 is 0 Å². The minimum absolute atomic E-state index is 0.550. The van der Waals surface area contributed by atoms with Crippen LogP contribution in [0.25, 0.3) is 10.6 Å². The number of hydrogen-bond donors (Lipinski definition) is 0. The fourth-order valence-corrected chi connectivity index (χ4v) is 2.01. The molecule has 0 amide bonds. The smallest absolute Gasteiger partial charge is 0.140 e. The molecule has 0 unspecified atom stereocenters. The van der Waals surface area contributed by atoms with Gasteiger partial charge >= 0.3 is 0 Å². The Morgan fingerprint density at radius 1 is 1.46 bits per heavy atom. The van der Waals surface area contributed by atoms with E-state index in [0.717, 1.165) is 16.3 Å². The number of pyridine rings is 1. The summed E-state index contributed by atoms with van der Waals surface area (Å²) in [4.78, 5) is 8.29. The molecule has 13 heavy (non-hydrogen) atoms. The summed E-state index contributed by atoms with van der Waals surface area (Å²) < 4.78 is 0. The molecule has 2 aromatic heterocycles. The van der Waals surface area contributed by atoms with Gasteiger partial charge in [-0.1, -0.05) is 11.6 Å². The second-order valence-corrected chi connectivity index (χ2v) is 3.91. The van der Waals surface area contributed by atoms with Crippen LogP contribution in [0.5, 0.6) is 0 Å². The SMILES string of the molecule is Cc1cc(-c2nc(Cl)cs2)ccn1. The number of aromatic nitrogens is 2. The van der Waals surface area contributed by atoms with Gasteiger partial charge in [-0.2, -0.15) is 0 Å². The molecule has 0 bridgehead atoms. The van der Waals surface area contributed by atoms with Gasteiger partial charge < -0.3 is 0 Å². The summed E-state index contributed by atoms with van der Waals surface area (Å²) in [5.74, 6) is 0. The second-order valence-electron chi connectivity index (χ2n) is 2.66. The Kier molecular flexibility index (Phi) is 2.29. The van der Waals surface area contributed by atoms with Gasteiger partial charge in [0.05, 0.1) is 0 Å². The highest BCUT2D eigenvalue weighted by molar-refractivity contribution is 7.13. The Labute approximate surface area is 85.2 Å². The van der Waals surface area contributed by atoms with Crippen LogP contribution in [0.2, 0.25) is 5.15 Å². The Morgan fingerprint density at radius 3 is 2.92 bits per heavy atom. The average molecular weight is 211 g/mol. The standard InChI is InChI=1S/C9H7ClN2S/c1-6-4-7(2-3-11-6)9-12-8(10)5-13-9/h2-5H,1H3. The molecular weight excluding hydrogens is 204 g/mol. The average Bonchev–Trinajstić information content (AvgIpc) is 2.52. The lowest BCUT2D eigenvalue weighted by atomic mass is 10.2. The van der Waals surface area contributed by atoms with E-state index in [1.54, 1.807) is 17.5 Å². The second kappa shape index (κ2) is 3.44. The molecule has 0 N–H and O–H groups in total. The first kappa shape index (κ1) is 8.66. The summed E-state index contributed by atoms with van der Waals surface area (Å²) >= 11 is 7.27. The first-order valence-electron chi connectivity index (χ1n) is 3.80. The van der Waals surface area contributed by atoms with E-state index in [0.29, 0.717) is 5.15 Å². The molecule has 0 aliphatic carbocycles. The van der Waals surface area contributed by atoms with Gasteiger partial charge in [0, 0.05) is 22.8 Å². The summed E-state index contributed by atoms with van der Waals surface area (Å²) in [6, 6.07) is 3.93. The molecule has 0 atom stereocenters. The Balaban J connectivity index is 2.46. The van der Waals surface area contributed by atoms with Crippen molar-refractivity contribution >= 4 is 22.9 Å². The molecule has 0 saturated heterocycles. The first-order valence-corrected chi connectivity index (χ1v) is 5.05. The third-order valence-corrected chi connectivity index (χ3v) is 2.83. The summed E-state index contributed by atoms with van der Waals surface area (Å²) in [6.07, 6.45) is 1.78. The molecular formula is C9H7ClN2S. The molecule has 0 saturated carbocycles. The van der Waals surface area contributed by atoms with Crippen molar-refractivity contribution in [3.8, 4) is 10.6 Å². The normalized spacial score (nSPS) is 10.3. The van der Waals surface area contributed by atoms with E-state index in [-0.39, 0.29) is 0 Å². The van der Waals surface area contributed by atoms with Gasteiger partial charge in [-0.05, 0) is 19.1 Å². The van der Waals surface area contributed by atoms with Gasteiger partial charge in [0.1, 0.15) is 10.2 Å². The van der Waals surface area contributed by atoms with Gasteiger partial charge in [-0.25, -0.2) is 4.98 Å². The lowest BCUT2D eigenvalue weighted by molar-refractivity contribution is 1.20. The molecule has 2 heterocycles. The van der Waals surface area contributed by atoms with Crippen LogP contribution in [0.3, 0.4) is 0 Å². The van der Waals surface area contributed by atoms with Crippen LogP contribution in [0, 0.1) is 6.92 Å². The lowest BCUT2D eigenvalue weighted by Gasteiger charge is -1.95. The van der Waals surface area contributed by atoms with Crippen molar-refractivity contribution < 1.29 is 0 Å². The van der Waals surface area contributed by atoms with Crippen LogP contribution in [0.4, 0.5) is 0 Å². The number of halogens is 1. The summed E-state index contributed by atoms with van der Waals surface area (Å²) in [6.45, 7) is 1.96. The number of thiazole rings is 1. The molecule has 2 rings (SSSR count). The number of rotatable bonds is 1. The maximum atomic E-state index is 5.73. The molecule has 0 aliphatic rings. The zero-order valence-corrected chi connectivity index (χ0v) is 8.56. The highest BCUT2D eigenvalue weighted by atomic mass is 35.5. The Hall–Kier alpha value is -0.930. The van der Waals surface area contributed by atoms with Crippen molar-refractivity contribution in [1.82, 2.24) is 9.97 Å². The molecule has 0 radical (unpaired) electrons. The summed E-state index contributed by atoms with van der Waals surface area (Å²) in [5, 5.41) is 3.32. The first-order chi connectivity index (χ1) is 6.25. The van der Waals surface area contributed by atoms with E-state index >= 15 is 0 Å². The Bertz CT molecular complexity index is 425. The lowest BCUT2D eigenvalue weighted by Crippen LogP contribution is -1.81. The van der Waals surface area contributed by atoms with Gasteiger partial charge in [0.15, 0.2) is 0 Å². The van der Waals surface area contributed by atoms with Crippen molar-refractivity contribution in [3.05, 3.63) is 34.6 Å². The highest BCUT2D eigenvalue weighted by Gasteiger charge is 2.02. The van der Waals surface area contributed by atoms with Gasteiger partial charge in [-0.15, -0.1) is 11.3 Å². The third kappa shape index (κ3) is 1.87. The Morgan fingerprint density at radius 2 is 2.31 bits per heavy atom. The minimum atomic E-state index is 0.550. The van der Waals surface area contributed by atoms with Crippen molar-refractivity contribution in [1.29, 1.82) is 0 Å². The highest BCUT2D eigenvalue weighted by Crippen LogP contribution is 2.25. The zero-order chi connectivity index (χ0) is 9.26. The van der Waals surface area contributed by atoms with E-state index in [2.05, 4.69) is 9.97 Å². The molecule has 2 aromatic rings.